The van der Waals surface area contributed by atoms with Crippen LogP contribution in [0.2, 0.25) is 0 Å². The topological polar surface area (TPSA) is 121 Å². The number of rotatable bonds is 6. The standard InChI is InChI=1S/C21H22F2N6O4S2/c1-27-6-8-29(9-7-27)35(32,33)15-5-3-4-13(10-15)19-24-25-21(28(19)2)34-18-16(22)11-14(12-17(18)23)20(30)26-31/h3-5,10-12,31H,6-9H2,1-2H3,(H,26,30). The van der Waals surface area contributed by atoms with Gasteiger partial charge in [-0.2, -0.15) is 4.31 Å². The van der Waals surface area contributed by atoms with Gasteiger partial charge in [-0.3, -0.25) is 10.0 Å². The van der Waals surface area contributed by atoms with Crippen LogP contribution in [0.3, 0.4) is 0 Å². The summed E-state index contributed by atoms with van der Waals surface area (Å²) >= 11 is 0.658. The molecule has 1 aliphatic rings. The molecule has 0 spiro atoms. The second-order valence-corrected chi connectivity index (χ2v) is 10.8. The number of sulfonamides is 1. The summed E-state index contributed by atoms with van der Waals surface area (Å²) in [5.41, 5.74) is 1.40. The third-order valence-electron chi connectivity index (χ3n) is 5.58. The minimum atomic E-state index is -3.70. The monoisotopic (exact) mass is 524 g/mol. The molecule has 2 aromatic carbocycles. The number of nitrogens with one attached hydrogen (secondary N) is 1. The molecule has 0 atom stereocenters. The van der Waals surface area contributed by atoms with Crippen LogP contribution >= 0.6 is 11.8 Å². The number of likely N-dealkylation sites (N-methyl/N-ethyl adjacent to an activating group) is 1. The van der Waals surface area contributed by atoms with E-state index >= 15 is 0 Å². The summed E-state index contributed by atoms with van der Waals surface area (Å²) in [5, 5.41) is 16.9. The van der Waals surface area contributed by atoms with Crippen molar-refractivity contribution >= 4 is 27.7 Å². The lowest BCUT2D eigenvalue weighted by atomic mass is 10.2. The summed E-state index contributed by atoms with van der Waals surface area (Å²) in [7, 11) is -0.178. The second kappa shape index (κ2) is 9.99. The third-order valence-corrected chi connectivity index (χ3v) is 8.61. The maximum atomic E-state index is 14.5. The average molecular weight is 525 g/mol. The Hall–Kier alpha value is -2.91. The Bertz CT molecular complexity index is 1350. The van der Waals surface area contributed by atoms with E-state index in [9.17, 15) is 22.0 Å². The van der Waals surface area contributed by atoms with E-state index in [1.54, 1.807) is 19.2 Å². The summed E-state index contributed by atoms with van der Waals surface area (Å²) in [6.07, 6.45) is 0. The molecule has 2 N–H and O–H groups in total. The zero-order valence-electron chi connectivity index (χ0n) is 18.8. The summed E-state index contributed by atoms with van der Waals surface area (Å²) in [6, 6.07) is 7.87. The first kappa shape index (κ1) is 25.2. The Morgan fingerprint density at radius 1 is 1.06 bits per heavy atom. The van der Waals surface area contributed by atoms with E-state index in [4.69, 9.17) is 5.21 Å². The largest absolute Gasteiger partial charge is 0.305 e. The zero-order chi connectivity index (χ0) is 25.3. The minimum Gasteiger partial charge on any atom is -0.305 e. The Labute approximate surface area is 204 Å². The van der Waals surface area contributed by atoms with Crippen molar-refractivity contribution in [3.05, 3.63) is 53.6 Å². The minimum absolute atomic E-state index is 0.117. The number of carbonyl (C=O) groups excluding carboxylic acids is 1. The van der Waals surface area contributed by atoms with Crippen LogP contribution in [0, 0.1) is 11.6 Å². The molecule has 0 radical (unpaired) electrons. The van der Waals surface area contributed by atoms with E-state index in [2.05, 4.69) is 15.1 Å². The quantitative estimate of drug-likeness (QED) is 0.371. The van der Waals surface area contributed by atoms with E-state index in [1.165, 1.54) is 26.5 Å². The van der Waals surface area contributed by atoms with Gasteiger partial charge in [-0.05, 0) is 43.1 Å². The first-order valence-electron chi connectivity index (χ1n) is 10.4. The number of halogens is 2. The van der Waals surface area contributed by atoms with Crippen molar-refractivity contribution in [2.24, 2.45) is 7.05 Å². The molecule has 1 amide bonds. The molecule has 14 heteroatoms. The van der Waals surface area contributed by atoms with Crippen molar-refractivity contribution in [1.82, 2.24) is 29.4 Å². The van der Waals surface area contributed by atoms with Crippen LogP contribution in [0.5, 0.6) is 0 Å². The fourth-order valence-corrected chi connectivity index (χ4v) is 5.84. The molecule has 186 valence electrons. The van der Waals surface area contributed by atoms with Crippen LogP contribution in [-0.2, 0) is 17.1 Å². The smallest absolute Gasteiger partial charge is 0.274 e. The van der Waals surface area contributed by atoms with Crippen molar-refractivity contribution < 1.29 is 27.2 Å². The van der Waals surface area contributed by atoms with Crippen LogP contribution in [0.4, 0.5) is 8.78 Å². The molecule has 1 saturated heterocycles. The normalized spacial score (nSPS) is 15.3. The van der Waals surface area contributed by atoms with E-state index in [1.807, 2.05) is 7.05 Å². The van der Waals surface area contributed by atoms with Gasteiger partial charge >= 0.3 is 0 Å². The lowest BCUT2D eigenvalue weighted by Gasteiger charge is -2.31. The van der Waals surface area contributed by atoms with E-state index in [-0.39, 0.29) is 15.6 Å². The van der Waals surface area contributed by atoms with Crippen LogP contribution < -0.4 is 5.48 Å². The molecule has 0 unspecified atom stereocenters. The van der Waals surface area contributed by atoms with Crippen molar-refractivity contribution in [2.75, 3.05) is 33.2 Å². The summed E-state index contributed by atoms with van der Waals surface area (Å²) in [5.74, 6) is -2.77. The molecule has 1 aliphatic heterocycles. The van der Waals surface area contributed by atoms with E-state index in [0.717, 1.165) is 12.1 Å². The Kier molecular flexibility index (Phi) is 7.19. The van der Waals surface area contributed by atoms with Gasteiger partial charge in [0.25, 0.3) is 5.91 Å². The van der Waals surface area contributed by atoms with Gasteiger partial charge in [0, 0.05) is 44.4 Å². The number of nitrogens with zero attached hydrogens (tertiary/aromatic N) is 5. The number of hydrogen-bond acceptors (Lipinski definition) is 8. The number of benzene rings is 2. The Morgan fingerprint density at radius 2 is 1.71 bits per heavy atom. The van der Waals surface area contributed by atoms with Gasteiger partial charge in [0.1, 0.15) is 11.6 Å². The molecular weight excluding hydrogens is 502 g/mol. The first-order chi connectivity index (χ1) is 16.6. The van der Waals surface area contributed by atoms with Gasteiger partial charge < -0.3 is 9.47 Å². The lowest BCUT2D eigenvalue weighted by molar-refractivity contribution is 0.0705. The summed E-state index contributed by atoms with van der Waals surface area (Å²) in [6.45, 7) is 2.07. The maximum Gasteiger partial charge on any atom is 0.274 e. The number of carbonyl (C=O) groups is 1. The average Bonchev–Trinajstić information content (AvgIpc) is 3.21. The van der Waals surface area contributed by atoms with Crippen LogP contribution in [0.1, 0.15) is 10.4 Å². The molecule has 2 heterocycles. The van der Waals surface area contributed by atoms with Gasteiger partial charge in [-0.25, -0.2) is 22.7 Å². The van der Waals surface area contributed by atoms with Crippen LogP contribution in [-0.4, -0.2) is 76.7 Å². The number of hydroxylamine groups is 1. The zero-order valence-corrected chi connectivity index (χ0v) is 20.4. The van der Waals surface area contributed by atoms with Gasteiger partial charge in [-0.15, -0.1) is 10.2 Å². The molecular formula is C21H22F2N6O4S2. The summed E-state index contributed by atoms with van der Waals surface area (Å²) < 4.78 is 58.1. The van der Waals surface area contributed by atoms with Crippen molar-refractivity contribution in [3.63, 3.8) is 0 Å². The highest BCUT2D eigenvalue weighted by Crippen LogP contribution is 2.33. The van der Waals surface area contributed by atoms with Gasteiger partial charge in [-0.1, -0.05) is 12.1 Å². The van der Waals surface area contributed by atoms with Crippen LogP contribution in [0.15, 0.2) is 51.3 Å². The van der Waals surface area contributed by atoms with Gasteiger partial charge in [0.05, 0.1) is 9.79 Å². The molecule has 1 fully saturated rings. The molecule has 0 aliphatic carbocycles. The Balaban J connectivity index is 1.61. The molecule has 3 aromatic rings. The molecule has 0 bridgehead atoms. The van der Waals surface area contributed by atoms with Crippen LogP contribution in [0.25, 0.3) is 11.4 Å². The third kappa shape index (κ3) is 5.06. The van der Waals surface area contributed by atoms with Crippen molar-refractivity contribution in [3.8, 4) is 11.4 Å². The highest BCUT2D eigenvalue weighted by atomic mass is 32.2. The fourth-order valence-electron chi connectivity index (χ4n) is 3.57. The predicted molar refractivity (Wildman–Crippen MR) is 122 cm³/mol. The van der Waals surface area contributed by atoms with Crippen molar-refractivity contribution in [2.45, 2.75) is 14.9 Å². The molecule has 4 rings (SSSR count). The predicted octanol–water partition coefficient (Wildman–Crippen LogP) is 1.97. The van der Waals surface area contributed by atoms with E-state index < -0.39 is 32.5 Å². The lowest BCUT2D eigenvalue weighted by Crippen LogP contribution is -2.47. The number of piperazine rings is 1. The molecule has 0 saturated carbocycles. The van der Waals surface area contributed by atoms with Crippen molar-refractivity contribution in [1.29, 1.82) is 0 Å². The maximum absolute atomic E-state index is 14.5. The van der Waals surface area contributed by atoms with Gasteiger partial charge in [0.2, 0.25) is 10.0 Å². The second-order valence-electron chi connectivity index (χ2n) is 7.91. The first-order valence-corrected chi connectivity index (χ1v) is 12.7. The fraction of sp³-hybridized carbons (Fsp3) is 0.286. The van der Waals surface area contributed by atoms with Gasteiger partial charge in [0.15, 0.2) is 11.0 Å². The highest BCUT2D eigenvalue weighted by molar-refractivity contribution is 7.99. The number of amides is 1. The highest BCUT2D eigenvalue weighted by Gasteiger charge is 2.28. The van der Waals surface area contributed by atoms with E-state index in [0.29, 0.717) is 49.3 Å². The SMILES string of the molecule is CN1CCN(S(=O)(=O)c2cccc(-c3nnc(Sc4c(F)cc(C(=O)NO)cc4F)n3C)c2)CC1. The Morgan fingerprint density at radius 3 is 2.34 bits per heavy atom. The molecule has 35 heavy (non-hydrogen) atoms. The number of aromatic nitrogens is 3. The molecule has 1 aromatic heterocycles. The molecule has 10 nitrogen and oxygen atoms in total. The summed E-state index contributed by atoms with van der Waals surface area (Å²) in [4.78, 5) is 13.2. The number of hydrogen-bond donors (Lipinski definition) is 2.